The van der Waals surface area contributed by atoms with Gasteiger partial charge in [-0.2, -0.15) is 0 Å². The largest absolute Gasteiger partial charge is 0.486 e. The predicted octanol–water partition coefficient (Wildman–Crippen LogP) is 4.28. The van der Waals surface area contributed by atoms with Crippen LogP contribution in [0.2, 0.25) is 0 Å². The molecule has 0 fully saturated rings. The van der Waals surface area contributed by atoms with Crippen molar-refractivity contribution >= 4 is 0 Å². The van der Waals surface area contributed by atoms with Gasteiger partial charge in [0.2, 0.25) is 0 Å². The number of furan rings is 1. The highest BCUT2D eigenvalue weighted by Gasteiger charge is 2.08. The number of rotatable bonds is 7. The van der Waals surface area contributed by atoms with Gasteiger partial charge in [0.15, 0.2) is 0 Å². The lowest BCUT2D eigenvalue weighted by molar-refractivity contribution is 0.267. The van der Waals surface area contributed by atoms with Crippen molar-refractivity contribution in [3.05, 3.63) is 52.5 Å². The first-order valence-electron chi connectivity index (χ1n) is 7.58. The van der Waals surface area contributed by atoms with Crippen molar-refractivity contribution in [1.82, 2.24) is 5.32 Å². The molecule has 0 amide bonds. The number of aryl methyl sites for hydroxylation is 3. The van der Waals surface area contributed by atoms with Gasteiger partial charge in [-0.25, -0.2) is 0 Å². The third kappa shape index (κ3) is 4.64. The molecule has 0 radical (unpaired) electrons. The molecule has 1 aromatic carbocycles. The summed E-state index contributed by atoms with van der Waals surface area (Å²) in [4.78, 5) is 0. The summed E-state index contributed by atoms with van der Waals surface area (Å²) in [5.74, 6) is 2.74. The summed E-state index contributed by atoms with van der Waals surface area (Å²) in [5.41, 5.74) is 3.64. The van der Waals surface area contributed by atoms with Crippen LogP contribution in [0.3, 0.4) is 0 Å². The van der Waals surface area contributed by atoms with Crippen LogP contribution in [0.5, 0.6) is 5.75 Å². The lowest BCUT2D eigenvalue weighted by atomic mass is 10.1. The standard InChI is InChI=1S/C18H25NO2/c1-5-6-19-11-16-10-18(21-15(16)4)12-20-17-8-13(2)7-14(3)9-17/h7-10,19H,5-6,11-12H2,1-4H3. The van der Waals surface area contributed by atoms with Crippen molar-refractivity contribution in [1.29, 1.82) is 0 Å². The van der Waals surface area contributed by atoms with Crippen molar-refractivity contribution in [3.63, 3.8) is 0 Å². The van der Waals surface area contributed by atoms with Crippen LogP contribution in [0.4, 0.5) is 0 Å². The lowest BCUT2D eigenvalue weighted by Crippen LogP contribution is -2.13. The van der Waals surface area contributed by atoms with Gasteiger partial charge < -0.3 is 14.5 Å². The quantitative estimate of drug-likeness (QED) is 0.772. The molecule has 0 aliphatic rings. The zero-order chi connectivity index (χ0) is 15.2. The molecule has 0 aliphatic heterocycles. The second-order valence-electron chi connectivity index (χ2n) is 5.58. The van der Waals surface area contributed by atoms with Crippen molar-refractivity contribution in [2.75, 3.05) is 6.54 Å². The molecule has 21 heavy (non-hydrogen) atoms. The highest BCUT2D eigenvalue weighted by Crippen LogP contribution is 2.20. The summed E-state index contributed by atoms with van der Waals surface area (Å²) >= 11 is 0. The van der Waals surface area contributed by atoms with E-state index < -0.39 is 0 Å². The molecule has 3 nitrogen and oxygen atoms in total. The van der Waals surface area contributed by atoms with E-state index in [1.165, 1.54) is 16.7 Å². The summed E-state index contributed by atoms with van der Waals surface area (Å²) in [6.45, 7) is 10.7. The van der Waals surface area contributed by atoms with Gasteiger partial charge in [-0.15, -0.1) is 0 Å². The molecule has 0 spiro atoms. The summed E-state index contributed by atoms with van der Waals surface area (Å²) in [6, 6.07) is 8.32. The molecule has 0 saturated carbocycles. The Morgan fingerprint density at radius 1 is 1.05 bits per heavy atom. The lowest BCUT2D eigenvalue weighted by Gasteiger charge is -2.06. The molecule has 2 aromatic rings. The van der Waals surface area contributed by atoms with E-state index in [0.717, 1.165) is 36.8 Å². The first-order chi connectivity index (χ1) is 10.1. The van der Waals surface area contributed by atoms with Crippen molar-refractivity contribution < 1.29 is 9.15 Å². The molecule has 1 N–H and O–H groups in total. The number of hydrogen-bond acceptors (Lipinski definition) is 3. The Morgan fingerprint density at radius 3 is 2.43 bits per heavy atom. The number of nitrogens with one attached hydrogen (secondary N) is 1. The molecule has 0 aliphatic carbocycles. The van der Waals surface area contributed by atoms with Crippen LogP contribution in [0, 0.1) is 20.8 Å². The summed E-state index contributed by atoms with van der Waals surface area (Å²) in [5, 5.41) is 3.39. The maximum Gasteiger partial charge on any atom is 0.146 e. The Morgan fingerprint density at radius 2 is 1.76 bits per heavy atom. The van der Waals surface area contributed by atoms with Crippen molar-refractivity contribution in [3.8, 4) is 5.75 Å². The van der Waals surface area contributed by atoms with Gasteiger partial charge >= 0.3 is 0 Å². The molecule has 2 rings (SSSR count). The Hall–Kier alpha value is -1.74. The normalized spacial score (nSPS) is 10.9. The molecule has 0 saturated heterocycles. The minimum absolute atomic E-state index is 0.470. The van der Waals surface area contributed by atoms with Crippen LogP contribution < -0.4 is 10.1 Å². The van der Waals surface area contributed by atoms with Crippen molar-refractivity contribution in [2.45, 2.75) is 47.3 Å². The zero-order valence-corrected chi connectivity index (χ0v) is 13.5. The zero-order valence-electron chi connectivity index (χ0n) is 13.5. The van der Waals surface area contributed by atoms with E-state index in [9.17, 15) is 0 Å². The molecular formula is C18H25NO2. The first-order valence-corrected chi connectivity index (χ1v) is 7.58. The van der Waals surface area contributed by atoms with E-state index in [4.69, 9.17) is 9.15 Å². The fraction of sp³-hybridized carbons (Fsp3) is 0.444. The van der Waals surface area contributed by atoms with Crippen LogP contribution in [0.15, 0.2) is 28.7 Å². The SMILES string of the molecule is CCCNCc1cc(COc2cc(C)cc(C)c2)oc1C. The first kappa shape index (κ1) is 15.6. The van der Waals surface area contributed by atoms with Gasteiger partial charge in [-0.05, 0) is 63.1 Å². The van der Waals surface area contributed by atoms with Crippen molar-refractivity contribution in [2.24, 2.45) is 0 Å². The van der Waals surface area contributed by atoms with Crippen LogP contribution in [-0.4, -0.2) is 6.54 Å². The second kappa shape index (κ2) is 7.32. The highest BCUT2D eigenvalue weighted by molar-refractivity contribution is 5.33. The van der Waals surface area contributed by atoms with Gasteiger partial charge in [0, 0.05) is 12.1 Å². The second-order valence-corrected chi connectivity index (χ2v) is 5.58. The van der Waals surface area contributed by atoms with E-state index in [2.05, 4.69) is 38.2 Å². The molecule has 0 unspecified atom stereocenters. The Labute approximate surface area is 127 Å². The third-order valence-corrected chi connectivity index (χ3v) is 3.39. The van der Waals surface area contributed by atoms with Gasteiger partial charge in [-0.3, -0.25) is 0 Å². The van der Waals surface area contributed by atoms with Crippen LogP contribution in [0.1, 0.15) is 41.6 Å². The van der Waals surface area contributed by atoms with E-state index in [1.807, 2.05) is 19.1 Å². The average Bonchev–Trinajstić information content (AvgIpc) is 2.77. The fourth-order valence-corrected chi connectivity index (χ4v) is 2.40. The van der Waals surface area contributed by atoms with Crippen LogP contribution in [0.25, 0.3) is 0 Å². The van der Waals surface area contributed by atoms with Gasteiger partial charge in [0.25, 0.3) is 0 Å². The Kier molecular flexibility index (Phi) is 5.45. The summed E-state index contributed by atoms with van der Waals surface area (Å²) in [7, 11) is 0. The average molecular weight is 287 g/mol. The van der Waals surface area contributed by atoms with E-state index in [1.54, 1.807) is 0 Å². The number of ether oxygens (including phenoxy) is 1. The Balaban J connectivity index is 1.95. The molecule has 114 valence electrons. The fourth-order valence-electron chi connectivity index (χ4n) is 2.40. The molecule has 0 atom stereocenters. The maximum absolute atomic E-state index is 5.83. The number of benzene rings is 1. The van der Waals surface area contributed by atoms with Gasteiger partial charge in [0.05, 0.1) is 0 Å². The smallest absolute Gasteiger partial charge is 0.146 e. The maximum atomic E-state index is 5.83. The topological polar surface area (TPSA) is 34.4 Å². The minimum Gasteiger partial charge on any atom is -0.486 e. The minimum atomic E-state index is 0.470. The predicted molar refractivity (Wildman–Crippen MR) is 85.7 cm³/mol. The van der Waals surface area contributed by atoms with Gasteiger partial charge in [0.1, 0.15) is 23.9 Å². The summed E-state index contributed by atoms with van der Waals surface area (Å²) < 4.78 is 11.6. The molecular weight excluding hydrogens is 262 g/mol. The molecule has 0 bridgehead atoms. The van der Waals surface area contributed by atoms with Crippen LogP contribution >= 0.6 is 0 Å². The molecule has 1 heterocycles. The number of hydrogen-bond donors (Lipinski definition) is 1. The Bertz CT molecular complexity index is 567. The van der Waals surface area contributed by atoms with E-state index in [-0.39, 0.29) is 0 Å². The van der Waals surface area contributed by atoms with E-state index >= 15 is 0 Å². The van der Waals surface area contributed by atoms with Gasteiger partial charge in [-0.1, -0.05) is 13.0 Å². The van der Waals surface area contributed by atoms with E-state index in [0.29, 0.717) is 6.61 Å². The highest BCUT2D eigenvalue weighted by atomic mass is 16.5. The van der Waals surface area contributed by atoms with Crippen LogP contribution in [-0.2, 0) is 13.2 Å². The molecule has 3 heteroatoms. The molecule has 1 aromatic heterocycles. The monoisotopic (exact) mass is 287 g/mol. The third-order valence-electron chi connectivity index (χ3n) is 3.39. The summed E-state index contributed by atoms with van der Waals surface area (Å²) in [6.07, 6.45) is 1.14.